The molecule has 6 nitrogen and oxygen atoms in total. The second-order valence-electron chi connectivity index (χ2n) is 7.91. The van der Waals surface area contributed by atoms with Gasteiger partial charge in [0.1, 0.15) is 0 Å². The molecule has 0 amide bonds. The highest BCUT2D eigenvalue weighted by molar-refractivity contribution is 5.90. The zero-order valence-corrected chi connectivity index (χ0v) is 15.0. The first kappa shape index (κ1) is 16.6. The monoisotopic (exact) mass is 351 g/mol. The molecule has 0 unspecified atom stereocenters. The number of rotatable bonds is 3. The van der Waals surface area contributed by atoms with Gasteiger partial charge in [-0.15, -0.1) is 0 Å². The van der Waals surface area contributed by atoms with Gasteiger partial charge in [0.2, 0.25) is 0 Å². The fraction of sp³-hybridized carbons (Fsp3) is 0.350. The van der Waals surface area contributed by atoms with E-state index < -0.39 is 5.97 Å². The maximum absolute atomic E-state index is 12.4. The molecule has 4 rings (SSSR count). The molecule has 2 N–H and O–H groups in total. The first-order valence-electron chi connectivity index (χ1n) is 8.74. The third kappa shape index (κ3) is 2.71. The second-order valence-corrected chi connectivity index (χ2v) is 7.91. The number of carboxylic acid groups (broad SMARTS) is 1. The number of benzene rings is 1. The zero-order chi connectivity index (χ0) is 18.6. The molecule has 1 aliphatic carbocycles. The quantitative estimate of drug-likeness (QED) is 0.753. The van der Waals surface area contributed by atoms with E-state index in [2.05, 4.69) is 9.97 Å². The van der Waals surface area contributed by atoms with E-state index in [-0.39, 0.29) is 16.8 Å². The summed E-state index contributed by atoms with van der Waals surface area (Å²) in [6, 6.07) is 7.16. The number of aromatic amines is 1. The summed E-state index contributed by atoms with van der Waals surface area (Å²) in [5, 5.41) is 9.34. The Labute approximate surface area is 150 Å². The van der Waals surface area contributed by atoms with Crippen molar-refractivity contribution in [3.63, 3.8) is 0 Å². The summed E-state index contributed by atoms with van der Waals surface area (Å²) < 4.78 is 1.64. The molecule has 3 aromatic rings. The fourth-order valence-corrected chi connectivity index (χ4v) is 3.45. The number of fused-ring (bicyclic) bond motifs is 1. The van der Waals surface area contributed by atoms with Crippen molar-refractivity contribution in [3.05, 3.63) is 52.1 Å². The van der Waals surface area contributed by atoms with E-state index >= 15 is 0 Å². The molecule has 0 saturated heterocycles. The molecule has 134 valence electrons. The molecule has 0 atom stereocenters. The number of aromatic nitrogens is 3. The van der Waals surface area contributed by atoms with Crippen LogP contribution in [0, 0.1) is 0 Å². The Morgan fingerprint density at radius 1 is 1.27 bits per heavy atom. The average molecular weight is 351 g/mol. The summed E-state index contributed by atoms with van der Waals surface area (Å²) in [5.74, 6) is -0.475. The largest absolute Gasteiger partial charge is 0.478 e. The molecule has 0 spiro atoms. The van der Waals surface area contributed by atoms with Gasteiger partial charge >= 0.3 is 11.7 Å². The van der Waals surface area contributed by atoms with Crippen molar-refractivity contribution in [2.45, 2.75) is 45.1 Å². The Morgan fingerprint density at radius 2 is 2.00 bits per heavy atom. The molecule has 0 aliphatic heterocycles. The molecular formula is C20H21N3O3. The van der Waals surface area contributed by atoms with Crippen LogP contribution < -0.4 is 5.69 Å². The first-order valence-corrected chi connectivity index (χ1v) is 8.74. The standard InChI is InChI=1S/C20H21N3O3/c1-20(2,3)23-17-16(22-19(23)26)9-13(10-21-17)15-8-12(18(24)25)6-7-14(15)11-4-5-11/h6-11H,4-5H2,1-3H3,(H,22,26)(H,24,25). The lowest BCUT2D eigenvalue weighted by Gasteiger charge is -2.20. The van der Waals surface area contributed by atoms with Crippen LogP contribution in [0.2, 0.25) is 0 Å². The van der Waals surface area contributed by atoms with Crippen LogP contribution in [0.1, 0.15) is 55.5 Å². The van der Waals surface area contributed by atoms with Gasteiger partial charge in [0.15, 0.2) is 5.65 Å². The molecule has 0 bridgehead atoms. The number of carbonyl (C=O) groups is 1. The predicted octanol–water partition coefficient (Wildman–Crippen LogP) is 3.72. The Morgan fingerprint density at radius 3 is 2.62 bits per heavy atom. The van der Waals surface area contributed by atoms with E-state index in [0.717, 1.165) is 29.5 Å². The van der Waals surface area contributed by atoms with E-state index in [9.17, 15) is 14.7 Å². The van der Waals surface area contributed by atoms with Crippen LogP contribution in [0.15, 0.2) is 35.3 Å². The number of hydrogen-bond acceptors (Lipinski definition) is 3. The topological polar surface area (TPSA) is 88.0 Å². The highest BCUT2D eigenvalue weighted by Crippen LogP contribution is 2.44. The summed E-state index contributed by atoms with van der Waals surface area (Å²) >= 11 is 0. The SMILES string of the molecule is CC(C)(C)n1c(=O)[nH]c2cc(-c3cc(C(=O)O)ccc3C3CC3)cnc21. The second kappa shape index (κ2) is 5.56. The van der Waals surface area contributed by atoms with Crippen molar-refractivity contribution in [3.8, 4) is 11.1 Å². The Hall–Kier alpha value is -2.89. The van der Waals surface area contributed by atoms with Crippen molar-refractivity contribution in [1.82, 2.24) is 14.5 Å². The molecule has 2 aromatic heterocycles. The maximum atomic E-state index is 12.4. The van der Waals surface area contributed by atoms with E-state index in [0.29, 0.717) is 17.1 Å². The summed E-state index contributed by atoms with van der Waals surface area (Å²) in [7, 11) is 0. The highest BCUT2D eigenvalue weighted by Gasteiger charge is 2.27. The van der Waals surface area contributed by atoms with Crippen molar-refractivity contribution in [1.29, 1.82) is 0 Å². The lowest BCUT2D eigenvalue weighted by molar-refractivity contribution is 0.0697. The lowest BCUT2D eigenvalue weighted by Crippen LogP contribution is -2.32. The van der Waals surface area contributed by atoms with Crippen LogP contribution in [0.3, 0.4) is 0 Å². The van der Waals surface area contributed by atoms with E-state index in [1.165, 1.54) is 0 Å². The van der Waals surface area contributed by atoms with Crippen LogP contribution in [0.25, 0.3) is 22.3 Å². The van der Waals surface area contributed by atoms with Crippen molar-refractivity contribution in [2.75, 3.05) is 0 Å². The Bertz CT molecular complexity index is 1080. The van der Waals surface area contributed by atoms with Gasteiger partial charge in [-0.3, -0.25) is 4.57 Å². The number of nitrogens with zero attached hydrogens (tertiary/aromatic N) is 2. The van der Waals surface area contributed by atoms with Gasteiger partial charge in [-0.25, -0.2) is 14.6 Å². The number of carboxylic acids is 1. The summed E-state index contributed by atoms with van der Waals surface area (Å²) in [5.41, 5.74) is 3.79. The predicted molar refractivity (Wildman–Crippen MR) is 99.7 cm³/mol. The van der Waals surface area contributed by atoms with Gasteiger partial charge in [-0.1, -0.05) is 6.07 Å². The number of hydrogen-bond donors (Lipinski definition) is 2. The van der Waals surface area contributed by atoms with Gasteiger partial charge < -0.3 is 10.1 Å². The zero-order valence-electron chi connectivity index (χ0n) is 15.0. The first-order chi connectivity index (χ1) is 12.3. The Balaban J connectivity index is 1.91. The lowest BCUT2D eigenvalue weighted by atomic mass is 9.95. The summed E-state index contributed by atoms with van der Waals surface area (Å²) in [4.78, 5) is 31.1. The summed E-state index contributed by atoms with van der Waals surface area (Å²) in [6.45, 7) is 5.87. The van der Waals surface area contributed by atoms with Crippen LogP contribution in [0.5, 0.6) is 0 Å². The minimum atomic E-state index is -0.949. The number of H-pyrrole nitrogens is 1. The highest BCUT2D eigenvalue weighted by atomic mass is 16.4. The van der Waals surface area contributed by atoms with Gasteiger partial charge in [0.25, 0.3) is 0 Å². The van der Waals surface area contributed by atoms with Crippen LogP contribution >= 0.6 is 0 Å². The van der Waals surface area contributed by atoms with E-state index in [1.807, 2.05) is 32.9 Å². The fourth-order valence-electron chi connectivity index (χ4n) is 3.45. The average Bonchev–Trinajstić information content (AvgIpc) is 3.34. The van der Waals surface area contributed by atoms with E-state index in [1.54, 1.807) is 22.9 Å². The molecule has 1 saturated carbocycles. The van der Waals surface area contributed by atoms with Crippen LogP contribution in [0.4, 0.5) is 0 Å². The number of aromatic carboxylic acids is 1. The smallest absolute Gasteiger partial charge is 0.335 e. The van der Waals surface area contributed by atoms with Crippen molar-refractivity contribution < 1.29 is 9.90 Å². The molecule has 6 heteroatoms. The Kier molecular flexibility index (Phi) is 3.54. The number of imidazole rings is 1. The maximum Gasteiger partial charge on any atom is 0.335 e. The van der Waals surface area contributed by atoms with Crippen molar-refractivity contribution >= 4 is 17.1 Å². The molecular weight excluding hydrogens is 330 g/mol. The molecule has 1 aromatic carbocycles. The van der Waals surface area contributed by atoms with Gasteiger partial charge in [-0.2, -0.15) is 0 Å². The minimum Gasteiger partial charge on any atom is -0.478 e. The normalized spacial score (nSPS) is 14.7. The van der Waals surface area contributed by atoms with E-state index in [4.69, 9.17) is 0 Å². The minimum absolute atomic E-state index is 0.196. The third-order valence-corrected chi connectivity index (χ3v) is 4.82. The molecule has 1 aliphatic rings. The number of nitrogens with one attached hydrogen (secondary N) is 1. The molecule has 2 heterocycles. The van der Waals surface area contributed by atoms with Gasteiger partial charge in [0, 0.05) is 17.3 Å². The van der Waals surface area contributed by atoms with Gasteiger partial charge in [0.05, 0.1) is 11.1 Å². The molecule has 1 fully saturated rings. The molecule has 26 heavy (non-hydrogen) atoms. The van der Waals surface area contributed by atoms with Gasteiger partial charge in [-0.05, 0) is 68.9 Å². The summed E-state index contributed by atoms with van der Waals surface area (Å²) in [6.07, 6.45) is 3.96. The number of pyridine rings is 1. The van der Waals surface area contributed by atoms with Crippen molar-refractivity contribution in [2.24, 2.45) is 0 Å². The van der Waals surface area contributed by atoms with Crippen LogP contribution in [-0.4, -0.2) is 25.6 Å². The van der Waals surface area contributed by atoms with Crippen LogP contribution in [-0.2, 0) is 5.54 Å². The molecule has 0 radical (unpaired) electrons. The third-order valence-electron chi connectivity index (χ3n) is 4.82.